The third kappa shape index (κ3) is 35.9. The Morgan fingerprint density at radius 1 is 1.44 bits per heavy atom. The third-order valence-corrected chi connectivity index (χ3v) is 0.624. The van der Waals surface area contributed by atoms with Gasteiger partial charge in [-0.3, -0.25) is 4.46 Å². The van der Waals surface area contributed by atoms with E-state index in [2.05, 4.69) is 4.43 Å². The fourth-order valence-electron chi connectivity index (χ4n) is 0. The van der Waals surface area contributed by atoms with E-state index in [4.69, 9.17) is 15.0 Å². The van der Waals surface area contributed by atoms with Gasteiger partial charge in [0.2, 0.25) is 0 Å². The molecule has 0 fully saturated rings. The first-order valence-corrected chi connectivity index (χ1v) is 3.44. The highest BCUT2D eigenvalue weighted by molar-refractivity contribution is 6.23. The molecule has 3 N–H and O–H groups in total. The normalized spacial score (nSPS) is 7.00. The summed E-state index contributed by atoms with van der Waals surface area (Å²) in [6, 6.07) is 0. The van der Waals surface area contributed by atoms with Gasteiger partial charge in [0, 0.05) is 0 Å². The smallest absolute Gasteiger partial charge is 0.511 e. The molecule has 0 aromatic rings. The summed E-state index contributed by atoms with van der Waals surface area (Å²) in [6.07, 6.45) is 0. The van der Waals surface area contributed by atoms with Crippen molar-refractivity contribution < 1.29 is 23.9 Å². The third-order valence-electron chi connectivity index (χ3n) is 0.275. The van der Waals surface area contributed by atoms with Crippen LogP contribution in [0.4, 0.5) is 0 Å². The lowest BCUT2D eigenvalue weighted by atomic mass is 10.8. The van der Waals surface area contributed by atoms with Gasteiger partial charge in [-0.15, -0.1) is 0 Å². The second kappa shape index (κ2) is 10.5. The Morgan fingerprint density at radius 3 is 1.67 bits per heavy atom. The van der Waals surface area contributed by atoms with Crippen molar-refractivity contribution in [3.05, 3.63) is 0 Å². The molecular weight excluding hydrogens is 144 g/mol. The molecule has 0 amide bonds. The molecule has 0 bridgehead atoms. The van der Waals surface area contributed by atoms with E-state index >= 15 is 0 Å². The predicted octanol–water partition coefficient (Wildman–Crippen LogP) is -1.99. The van der Waals surface area contributed by atoms with E-state index in [1.807, 2.05) is 0 Å². The van der Waals surface area contributed by atoms with Gasteiger partial charge in [0.05, 0.1) is 20.3 Å². The van der Waals surface area contributed by atoms with Crippen LogP contribution in [0.5, 0.6) is 0 Å². The van der Waals surface area contributed by atoms with E-state index in [-0.39, 0.29) is 13.2 Å². The van der Waals surface area contributed by atoms with Gasteiger partial charge in [-0.2, -0.15) is 0 Å². The summed E-state index contributed by atoms with van der Waals surface area (Å²) in [7, 11) is -1.44. The Kier molecular flexibility index (Phi) is 13.2. The highest BCUT2D eigenvalue weighted by Gasteiger charge is 1.93. The van der Waals surface area contributed by atoms with Crippen LogP contribution in [0.1, 0.15) is 0 Å². The molecule has 0 rings (SSSR count). The predicted molar refractivity (Wildman–Crippen MR) is 29.8 cm³/mol. The highest BCUT2D eigenvalue weighted by atomic mass is 28.3. The minimum Gasteiger partial charge on any atom is -0.511 e. The molecular formula is C3H10O5Si. The van der Waals surface area contributed by atoms with Crippen molar-refractivity contribution in [1.82, 2.24) is 0 Å². The molecule has 0 atom stereocenters. The topological polar surface area (TPSA) is 87.0 Å². The maximum Gasteiger partial charge on any atom is 0.764 e. The Balaban J connectivity index is 0. The zero-order chi connectivity index (χ0) is 7.70. The van der Waals surface area contributed by atoms with Crippen LogP contribution >= 0.6 is 0 Å². The van der Waals surface area contributed by atoms with E-state index in [1.54, 1.807) is 0 Å². The van der Waals surface area contributed by atoms with E-state index in [0.29, 0.717) is 0 Å². The first-order chi connectivity index (χ1) is 4.18. The minimum atomic E-state index is -2.62. The quantitative estimate of drug-likeness (QED) is 0.401. The first-order valence-electron chi connectivity index (χ1n) is 2.17. The van der Waals surface area contributed by atoms with E-state index in [1.165, 1.54) is 7.11 Å². The van der Waals surface area contributed by atoms with Crippen LogP contribution in [0.3, 0.4) is 0 Å². The maximum absolute atomic E-state index is 9.33. The molecule has 0 saturated carbocycles. The van der Waals surface area contributed by atoms with Gasteiger partial charge in [-0.05, 0) is 0 Å². The zero-order valence-corrected chi connectivity index (χ0v) is 6.07. The van der Waals surface area contributed by atoms with E-state index in [9.17, 15) is 4.46 Å². The van der Waals surface area contributed by atoms with Gasteiger partial charge in [0.25, 0.3) is 0 Å². The highest BCUT2D eigenvalue weighted by Crippen LogP contribution is 1.50. The Morgan fingerprint density at radius 2 is 1.67 bits per heavy atom. The average Bonchev–Trinajstić information content (AvgIpc) is 1.89. The summed E-state index contributed by atoms with van der Waals surface area (Å²) < 4.78 is 13.2. The molecule has 0 aliphatic heterocycles. The molecule has 0 aromatic carbocycles. The van der Waals surface area contributed by atoms with Crippen LogP contribution in [0.25, 0.3) is 0 Å². The van der Waals surface area contributed by atoms with Gasteiger partial charge >= 0.3 is 9.17 Å². The fourth-order valence-corrected chi connectivity index (χ4v) is 0. The molecule has 6 heteroatoms. The second-order valence-electron chi connectivity index (χ2n) is 0.917. The van der Waals surface area contributed by atoms with Crippen LogP contribution in [0.2, 0.25) is 0 Å². The molecule has 0 spiro atoms. The summed E-state index contributed by atoms with van der Waals surface area (Å²) in [5.41, 5.74) is 0. The number of aliphatic hydroxyl groups excluding tert-OH is 2. The number of rotatable bonds is 2. The van der Waals surface area contributed by atoms with Crippen LogP contribution in [-0.4, -0.2) is 44.5 Å². The molecule has 0 saturated heterocycles. The van der Waals surface area contributed by atoms with Gasteiger partial charge in [-0.1, -0.05) is 0 Å². The Hall–Kier alpha value is -0.463. The standard InChI is InChI=1S/C2H6O2.CH4O3Si/c3-1-2-4;1-4-5(2)3/h3-4H,1-2H2;2H,1H3. The van der Waals surface area contributed by atoms with Crippen LogP contribution in [-0.2, 0) is 8.89 Å². The molecule has 5 nitrogen and oxygen atoms in total. The summed E-state index contributed by atoms with van der Waals surface area (Å²) in [4.78, 5) is 7.69. The number of hydrogen-bond acceptors (Lipinski definition) is 4. The molecule has 0 radical (unpaired) electrons. The van der Waals surface area contributed by atoms with Crippen LogP contribution < -0.4 is 0 Å². The van der Waals surface area contributed by atoms with Gasteiger partial charge < -0.3 is 19.4 Å². The monoisotopic (exact) mass is 154 g/mol. The zero-order valence-electron chi connectivity index (χ0n) is 5.07. The van der Waals surface area contributed by atoms with Crippen LogP contribution in [0.15, 0.2) is 0 Å². The maximum atomic E-state index is 9.33. The summed E-state index contributed by atoms with van der Waals surface area (Å²) in [6.45, 7) is -0.250. The lowest BCUT2D eigenvalue weighted by Gasteiger charge is -1.76. The van der Waals surface area contributed by atoms with Gasteiger partial charge in [0.15, 0.2) is 0 Å². The van der Waals surface area contributed by atoms with Crippen molar-refractivity contribution in [3.8, 4) is 0 Å². The largest absolute Gasteiger partial charge is 0.764 e. The van der Waals surface area contributed by atoms with Crippen molar-refractivity contribution in [2.75, 3.05) is 20.3 Å². The Bertz CT molecular complexity index is 63.2. The van der Waals surface area contributed by atoms with Crippen molar-refractivity contribution in [1.29, 1.82) is 0 Å². The van der Waals surface area contributed by atoms with Crippen molar-refractivity contribution in [3.63, 3.8) is 0 Å². The van der Waals surface area contributed by atoms with Crippen LogP contribution in [0, 0.1) is 0 Å². The van der Waals surface area contributed by atoms with Gasteiger partial charge in [0.1, 0.15) is 0 Å². The fraction of sp³-hybridized carbons (Fsp3) is 1.00. The summed E-state index contributed by atoms with van der Waals surface area (Å²) >= 11 is 0. The van der Waals surface area contributed by atoms with Gasteiger partial charge in [-0.25, -0.2) is 0 Å². The molecule has 56 valence electrons. The second-order valence-corrected chi connectivity index (χ2v) is 1.86. The van der Waals surface area contributed by atoms with E-state index in [0.717, 1.165) is 0 Å². The lowest BCUT2D eigenvalue weighted by molar-refractivity contribution is 0.186. The number of hydrogen-bond donors (Lipinski definition) is 3. The minimum absolute atomic E-state index is 0.125. The summed E-state index contributed by atoms with van der Waals surface area (Å²) in [5, 5.41) is 15.2. The Labute approximate surface area is 54.4 Å². The van der Waals surface area contributed by atoms with Crippen molar-refractivity contribution in [2.24, 2.45) is 0 Å². The molecule has 9 heavy (non-hydrogen) atoms. The van der Waals surface area contributed by atoms with E-state index < -0.39 is 9.17 Å². The number of aliphatic hydroxyl groups is 2. The summed E-state index contributed by atoms with van der Waals surface area (Å²) in [5.74, 6) is 0. The lowest BCUT2D eigenvalue weighted by Crippen LogP contribution is -1.98. The first kappa shape index (κ1) is 11.3. The molecule has 0 heterocycles. The molecule has 0 aliphatic rings. The molecule has 0 aromatic heterocycles. The molecule has 0 aliphatic carbocycles. The van der Waals surface area contributed by atoms with Crippen molar-refractivity contribution in [2.45, 2.75) is 0 Å². The van der Waals surface area contributed by atoms with Crippen molar-refractivity contribution >= 4 is 9.17 Å². The average molecular weight is 154 g/mol. The SMILES string of the molecule is CO[Si](=O)O.OCCO. The molecule has 0 unspecified atom stereocenters.